The van der Waals surface area contributed by atoms with Crippen LogP contribution >= 0.6 is 11.8 Å². The molecule has 0 saturated carbocycles. The van der Waals surface area contributed by atoms with Crippen molar-refractivity contribution in [3.63, 3.8) is 0 Å². The van der Waals surface area contributed by atoms with Crippen molar-refractivity contribution in [1.82, 2.24) is 5.32 Å². The number of carbonyl (C=O) groups excluding carboxylic acids is 1. The maximum atomic E-state index is 11.9. The van der Waals surface area contributed by atoms with E-state index in [4.69, 9.17) is 4.74 Å². The maximum absolute atomic E-state index is 11.9. The third kappa shape index (κ3) is 10.4. The first-order chi connectivity index (χ1) is 11.7. The predicted octanol–water partition coefficient (Wildman–Crippen LogP) is 4.44. The fourth-order valence-electron chi connectivity index (χ4n) is 2.58. The van der Waals surface area contributed by atoms with Crippen molar-refractivity contribution >= 4 is 17.9 Å². The Morgan fingerprint density at radius 3 is 2.40 bits per heavy atom. The lowest BCUT2D eigenvalue weighted by Crippen LogP contribution is -2.36. The van der Waals surface area contributed by atoms with E-state index in [0.29, 0.717) is 24.1 Å². The second kappa shape index (κ2) is 10.7. The van der Waals surface area contributed by atoms with Crippen LogP contribution in [0, 0.1) is 5.92 Å². The number of hydrogen-bond acceptors (Lipinski definition) is 4. The summed E-state index contributed by atoms with van der Waals surface area (Å²) in [6.07, 6.45) is 0.300. The van der Waals surface area contributed by atoms with Gasteiger partial charge in [-0.25, -0.2) is 4.79 Å². The highest BCUT2D eigenvalue weighted by Gasteiger charge is 2.19. The molecule has 3 atom stereocenters. The molecule has 3 unspecified atom stereocenters. The molecule has 0 aliphatic rings. The molecule has 4 nitrogen and oxygen atoms in total. The van der Waals surface area contributed by atoms with Crippen LogP contribution in [-0.2, 0) is 4.74 Å². The van der Waals surface area contributed by atoms with Gasteiger partial charge in [0.15, 0.2) is 0 Å². The van der Waals surface area contributed by atoms with Gasteiger partial charge in [0.1, 0.15) is 5.60 Å². The van der Waals surface area contributed by atoms with Crippen molar-refractivity contribution in [3.05, 3.63) is 35.9 Å². The largest absolute Gasteiger partial charge is 0.444 e. The first-order valence-electron chi connectivity index (χ1n) is 8.95. The minimum absolute atomic E-state index is 0.309. The van der Waals surface area contributed by atoms with Crippen LogP contribution in [-0.4, -0.2) is 41.0 Å². The van der Waals surface area contributed by atoms with Crippen LogP contribution in [0.5, 0.6) is 0 Å². The first kappa shape index (κ1) is 21.8. The van der Waals surface area contributed by atoms with Gasteiger partial charge in [0, 0.05) is 12.3 Å². The average Bonchev–Trinajstić information content (AvgIpc) is 2.51. The van der Waals surface area contributed by atoms with E-state index in [9.17, 15) is 9.90 Å². The van der Waals surface area contributed by atoms with Crippen molar-refractivity contribution in [2.45, 2.75) is 58.7 Å². The molecular weight excluding hydrogens is 334 g/mol. The Hall–Kier alpha value is -1.20. The zero-order chi connectivity index (χ0) is 18.9. The highest BCUT2D eigenvalue weighted by molar-refractivity contribution is 7.99. The monoisotopic (exact) mass is 367 g/mol. The molecule has 0 aliphatic heterocycles. The number of aliphatic hydroxyl groups is 1. The Labute approximate surface area is 156 Å². The number of nitrogens with one attached hydrogen (secondary N) is 1. The third-order valence-corrected chi connectivity index (χ3v) is 5.13. The number of amides is 1. The zero-order valence-corrected chi connectivity index (χ0v) is 16.9. The minimum atomic E-state index is -0.488. The minimum Gasteiger partial charge on any atom is -0.444 e. The van der Waals surface area contributed by atoms with E-state index in [0.717, 1.165) is 12.2 Å². The lowest BCUT2D eigenvalue weighted by molar-refractivity contribution is 0.0519. The Balaban J connectivity index is 2.57. The topological polar surface area (TPSA) is 58.6 Å². The van der Waals surface area contributed by atoms with Crippen LogP contribution < -0.4 is 5.32 Å². The second-order valence-corrected chi connectivity index (χ2v) is 8.76. The van der Waals surface area contributed by atoms with Crippen LogP contribution in [0.3, 0.4) is 0 Å². The number of hydrogen-bond donors (Lipinski definition) is 2. The third-order valence-electron chi connectivity index (χ3n) is 3.70. The summed E-state index contributed by atoms with van der Waals surface area (Å²) in [6.45, 7) is 10.2. The standard InChI is InChI=1S/C20H33NO3S/c1-15(18-9-7-6-8-10-18)11-17(14-25-13-16(2)22)12-21-19(23)24-20(3,4)5/h6-10,15-17,22H,11-14H2,1-5H3,(H,21,23). The molecule has 2 N–H and O–H groups in total. The Bertz CT molecular complexity index is 499. The summed E-state index contributed by atoms with van der Waals surface area (Å²) in [6, 6.07) is 10.4. The van der Waals surface area contributed by atoms with E-state index >= 15 is 0 Å². The van der Waals surface area contributed by atoms with Gasteiger partial charge >= 0.3 is 6.09 Å². The summed E-state index contributed by atoms with van der Waals surface area (Å²) in [5.41, 5.74) is 0.822. The van der Waals surface area contributed by atoms with Crippen LogP contribution in [0.4, 0.5) is 4.79 Å². The van der Waals surface area contributed by atoms with Crippen molar-refractivity contribution in [2.24, 2.45) is 5.92 Å². The van der Waals surface area contributed by atoms with Gasteiger partial charge in [-0.05, 0) is 57.3 Å². The number of carbonyl (C=O) groups is 1. The van der Waals surface area contributed by atoms with Gasteiger partial charge in [0.05, 0.1) is 6.10 Å². The fourth-order valence-corrected chi connectivity index (χ4v) is 3.64. The molecule has 0 fully saturated rings. The Morgan fingerprint density at radius 1 is 1.20 bits per heavy atom. The molecule has 0 saturated heterocycles. The summed E-state index contributed by atoms with van der Waals surface area (Å²) in [5.74, 6) is 2.35. The van der Waals surface area contributed by atoms with E-state index in [1.807, 2.05) is 26.8 Å². The molecule has 0 heterocycles. The summed E-state index contributed by atoms with van der Waals surface area (Å²) >= 11 is 1.73. The van der Waals surface area contributed by atoms with Gasteiger partial charge in [0.2, 0.25) is 0 Å². The molecule has 25 heavy (non-hydrogen) atoms. The molecule has 1 amide bonds. The maximum Gasteiger partial charge on any atom is 0.407 e. The average molecular weight is 368 g/mol. The van der Waals surface area contributed by atoms with Crippen molar-refractivity contribution < 1.29 is 14.6 Å². The quantitative estimate of drug-likeness (QED) is 0.678. The molecule has 0 aliphatic carbocycles. The molecule has 1 rings (SSSR count). The number of benzene rings is 1. The first-order valence-corrected chi connectivity index (χ1v) is 10.1. The number of alkyl carbamates (subject to hydrolysis) is 1. The number of aliphatic hydroxyl groups excluding tert-OH is 1. The lowest BCUT2D eigenvalue weighted by Gasteiger charge is -2.24. The van der Waals surface area contributed by atoms with Gasteiger partial charge in [-0.15, -0.1) is 0 Å². The van der Waals surface area contributed by atoms with Gasteiger partial charge in [-0.3, -0.25) is 0 Å². The zero-order valence-electron chi connectivity index (χ0n) is 16.1. The van der Waals surface area contributed by atoms with Gasteiger partial charge in [0.25, 0.3) is 0 Å². The molecule has 1 aromatic carbocycles. The molecule has 0 spiro atoms. The van der Waals surface area contributed by atoms with Crippen LogP contribution in [0.25, 0.3) is 0 Å². The Morgan fingerprint density at radius 2 is 1.84 bits per heavy atom. The lowest BCUT2D eigenvalue weighted by atomic mass is 9.91. The van der Waals surface area contributed by atoms with Gasteiger partial charge in [-0.1, -0.05) is 37.3 Å². The molecule has 5 heteroatoms. The number of thioether (sulfide) groups is 1. The van der Waals surface area contributed by atoms with E-state index in [1.54, 1.807) is 18.7 Å². The summed E-state index contributed by atoms with van der Waals surface area (Å²) in [5, 5.41) is 12.4. The van der Waals surface area contributed by atoms with Crippen LogP contribution in [0.1, 0.15) is 52.5 Å². The molecule has 0 aromatic heterocycles. The predicted molar refractivity (Wildman–Crippen MR) is 106 cm³/mol. The number of rotatable bonds is 9. The van der Waals surface area contributed by atoms with Crippen LogP contribution in [0.15, 0.2) is 30.3 Å². The summed E-state index contributed by atoms with van der Waals surface area (Å²) < 4.78 is 5.32. The SMILES string of the molecule is CC(O)CSCC(CNC(=O)OC(C)(C)C)CC(C)c1ccccc1. The molecule has 1 aromatic rings. The van der Waals surface area contributed by atoms with E-state index in [1.165, 1.54) is 5.56 Å². The molecule has 0 bridgehead atoms. The molecule has 142 valence electrons. The van der Waals surface area contributed by atoms with Crippen LogP contribution in [0.2, 0.25) is 0 Å². The molecule has 0 radical (unpaired) electrons. The highest BCUT2D eigenvalue weighted by Crippen LogP contribution is 2.25. The van der Waals surface area contributed by atoms with Crippen molar-refractivity contribution in [2.75, 3.05) is 18.1 Å². The normalized spacial score (nSPS) is 15.3. The van der Waals surface area contributed by atoms with Crippen molar-refractivity contribution in [1.29, 1.82) is 0 Å². The van der Waals surface area contributed by atoms with E-state index < -0.39 is 5.60 Å². The Kier molecular flexibility index (Phi) is 9.36. The summed E-state index contributed by atoms with van der Waals surface area (Å²) in [7, 11) is 0. The molecular formula is C20H33NO3S. The van der Waals surface area contributed by atoms with Gasteiger partial charge < -0.3 is 15.2 Å². The number of ether oxygens (including phenoxy) is 1. The van der Waals surface area contributed by atoms with E-state index in [2.05, 4.69) is 36.5 Å². The highest BCUT2D eigenvalue weighted by atomic mass is 32.2. The van der Waals surface area contributed by atoms with Gasteiger partial charge in [-0.2, -0.15) is 11.8 Å². The second-order valence-electron chi connectivity index (χ2n) is 7.68. The van der Waals surface area contributed by atoms with Crippen molar-refractivity contribution in [3.8, 4) is 0 Å². The fraction of sp³-hybridized carbons (Fsp3) is 0.650. The van der Waals surface area contributed by atoms with E-state index in [-0.39, 0.29) is 12.2 Å². The summed E-state index contributed by atoms with van der Waals surface area (Å²) in [4.78, 5) is 11.9. The smallest absolute Gasteiger partial charge is 0.407 e.